The fraction of sp³-hybridized carbons (Fsp3) is 0.467. The highest BCUT2D eigenvalue weighted by atomic mass is 35.5. The van der Waals surface area contributed by atoms with Gasteiger partial charge in [0.25, 0.3) is 0 Å². The molecule has 0 aliphatic heterocycles. The molecule has 0 radical (unpaired) electrons. The third-order valence-electron chi connectivity index (χ3n) is 3.35. The van der Waals surface area contributed by atoms with Crippen molar-refractivity contribution in [2.75, 3.05) is 0 Å². The Morgan fingerprint density at radius 3 is 2.80 bits per heavy atom. The van der Waals surface area contributed by atoms with E-state index >= 15 is 0 Å². The molecule has 108 valence electrons. The average Bonchev–Trinajstić information content (AvgIpc) is 2.79. The van der Waals surface area contributed by atoms with E-state index in [1.165, 1.54) is 0 Å². The SMILES string of the molecule is Cc1c(Cl)cccc1C(N)Cc1ncnn1CC(C)C. The molecule has 0 spiro atoms. The zero-order valence-corrected chi connectivity index (χ0v) is 12.9. The van der Waals surface area contributed by atoms with E-state index in [2.05, 4.69) is 23.9 Å². The van der Waals surface area contributed by atoms with Crippen molar-refractivity contribution in [2.45, 2.75) is 39.8 Å². The van der Waals surface area contributed by atoms with Gasteiger partial charge in [-0.25, -0.2) is 9.67 Å². The lowest BCUT2D eigenvalue weighted by molar-refractivity contribution is 0.459. The van der Waals surface area contributed by atoms with E-state index in [9.17, 15) is 0 Å². The van der Waals surface area contributed by atoms with E-state index < -0.39 is 0 Å². The molecule has 0 bridgehead atoms. The molecule has 5 heteroatoms. The molecule has 0 fully saturated rings. The lowest BCUT2D eigenvalue weighted by Crippen LogP contribution is -2.19. The average molecular weight is 293 g/mol. The van der Waals surface area contributed by atoms with Crippen LogP contribution in [0, 0.1) is 12.8 Å². The van der Waals surface area contributed by atoms with Crippen LogP contribution in [0.15, 0.2) is 24.5 Å². The van der Waals surface area contributed by atoms with Gasteiger partial charge in [0, 0.05) is 24.0 Å². The van der Waals surface area contributed by atoms with Crippen LogP contribution in [0.2, 0.25) is 5.02 Å². The quantitative estimate of drug-likeness (QED) is 0.921. The first kappa shape index (κ1) is 15.0. The smallest absolute Gasteiger partial charge is 0.138 e. The molecule has 1 aromatic heterocycles. The van der Waals surface area contributed by atoms with E-state index in [1.54, 1.807) is 6.33 Å². The van der Waals surface area contributed by atoms with Gasteiger partial charge in [0.1, 0.15) is 12.2 Å². The van der Waals surface area contributed by atoms with Gasteiger partial charge in [-0.15, -0.1) is 0 Å². The summed E-state index contributed by atoms with van der Waals surface area (Å²) in [4.78, 5) is 4.33. The van der Waals surface area contributed by atoms with Gasteiger partial charge >= 0.3 is 0 Å². The highest BCUT2D eigenvalue weighted by molar-refractivity contribution is 6.31. The van der Waals surface area contributed by atoms with Crippen molar-refractivity contribution < 1.29 is 0 Å². The predicted octanol–water partition coefficient (Wildman–Crippen LogP) is 3.14. The summed E-state index contributed by atoms with van der Waals surface area (Å²) in [5, 5.41) is 5.02. The van der Waals surface area contributed by atoms with Crippen LogP contribution in [0.3, 0.4) is 0 Å². The fourth-order valence-electron chi connectivity index (χ4n) is 2.28. The molecule has 0 saturated heterocycles. The Morgan fingerprint density at radius 1 is 1.35 bits per heavy atom. The van der Waals surface area contributed by atoms with Crippen LogP contribution in [-0.2, 0) is 13.0 Å². The highest BCUT2D eigenvalue weighted by Crippen LogP contribution is 2.24. The molecule has 20 heavy (non-hydrogen) atoms. The van der Waals surface area contributed by atoms with E-state index in [0.717, 1.165) is 28.5 Å². The first-order chi connectivity index (χ1) is 9.49. The summed E-state index contributed by atoms with van der Waals surface area (Å²) in [7, 11) is 0. The molecule has 2 N–H and O–H groups in total. The van der Waals surface area contributed by atoms with Crippen molar-refractivity contribution >= 4 is 11.6 Å². The molecular weight excluding hydrogens is 272 g/mol. The Balaban J connectivity index is 2.17. The molecule has 1 heterocycles. The number of nitrogens with two attached hydrogens (primary N) is 1. The van der Waals surface area contributed by atoms with Gasteiger partial charge in [-0.3, -0.25) is 0 Å². The Labute approximate surface area is 125 Å². The number of hydrogen-bond donors (Lipinski definition) is 1. The standard InChI is InChI=1S/C15H21ClN4/c1-10(2)8-20-15(18-9-19-20)7-14(17)12-5-4-6-13(16)11(12)3/h4-6,9-10,14H,7-8,17H2,1-3H3. The third-order valence-corrected chi connectivity index (χ3v) is 3.75. The summed E-state index contributed by atoms with van der Waals surface area (Å²) in [6.45, 7) is 7.17. The van der Waals surface area contributed by atoms with Gasteiger partial charge in [-0.1, -0.05) is 37.6 Å². The molecule has 2 rings (SSSR count). The Kier molecular flexibility index (Phi) is 4.78. The Morgan fingerprint density at radius 2 is 2.10 bits per heavy atom. The summed E-state index contributed by atoms with van der Waals surface area (Å²) in [5.41, 5.74) is 8.42. The maximum absolute atomic E-state index is 6.32. The number of hydrogen-bond acceptors (Lipinski definition) is 3. The van der Waals surface area contributed by atoms with Crippen LogP contribution >= 0.6 is 11.6 Å². The lowest BCUT2D eigenvalue weighted by Gasteiger charge is -2.16. The van der Waals surface area contributed by atoms with Crippen LogP contribution in [0.25, 0.3) is 0 Å². The number of aromatic nitrogens is 3. The number of benzene rings is 1. The van der Waals surface area contributed by atoms with Crippen molar-refractivity contribution in [1.82, 2.24) is 14.8 Å². The van der Waals surface area contributed by atoms with Gasteiger partial charge in [0.15, 0.2) is 0 Å². The fourth-order valence-corrected chi connectivity index (χ4v) is 2.46. The van der Waals surface area contributed by atoms with Crippen LogP contribution in [0.5, 0.6) is 0 Å². The number of nitrogens with zero attached hydrogens (tertiary/aromatic N) is 3. The molecule has 1 atom stereocenters. The van der Waals surface area contributed by atoms with Crippen molar-refractivity contribution in [3.63, 3.8) is 0 Å². The summed E-state index contributed by atoms with van der Waals surface area (Å²) >= 11 is 6.15. The first-order valence-corrected chi connectivity index (χ1v) is 7.24. The molecule has 0 aliphatic carbocycles. The minimum absolute atomic E-state index is 0.121. The normalized spacial score (nSPS) is 12.9. The minimum atomic E-state index is -0.121. The van der Waals surface area contributed by atoms with Gasteiger partial charge in [0.05, 0.1) is 0 Å². The van der Waals surface area contributed by atoms with Gasteiger partial charge < -0.3 is 5.73 Å². The highest BCUT2D eigenvalue weighted by Gasteiger charge is 2.15. The summed E-state index contributed by atoms with van der Waals surface area (Å²) < 4.78 is 1.93. The molecule has 1 aromatic carbocycles. The summed E-state index contributed by atoms with van der Waals surface area (Å²) in [6.07, 6.45) is 2.25. The van der Waals surface area contributed by atoms with Crippen molar-refractivity contribution in [3.05, 3.63) is 46.5 Å². The van der Waals surface area contributed by atoms with E-state index in [-0.39, 0.29) is 6.04 Å². The topological polar surface area (TPSA) is 56.7 Å². The Hall–Kier alpha value is -1.39. The molecule has 0 amide bonds. The number of halogens is 1. The largest absolute Gasteiger partial charge is 0.324 e. The monoisotopic (exact) mass is 292 g/mol. The van der Waals surface area contributed by atoms with E-state index in [4.69, 9.17) is 17.3 Å². The zero-order chi connectivity index (χ0) is 14.7. The Bertz CT molecular complexity index is 577. The van der Waals surface area contributed by atoms with Crippen LogP contribution in [0.1, 0.15) is 36.8 Å². The molecule has 1 unspecified atom stereocenters. The van der Waals surface area contributed by atoms with Gasteiger partial charge in [-0.2, -0.15) is 5.10 Å². The second-order valence-electron chi connectivity index (χ2n) is 5.52. The van der Waals surface area contributed by atoms with Crippen LogP contribution in [0.4, 0.5) is 0 Å². The maximum atomic E-state index is 6.32. The third kappa shape index (κ3) is 3.38. The molecule has 0 saturated carbocycles. The molecule has 4 nitrogen and oxygen atoms in total. The van der Waals surface area contributed by atoms with E-state index in [1.807, 2.05) is 29.8 Å². The zero-order valence-electron chi connectivity index (χ0n) is 12.2. The second-order valence-corrected chi connectivity index (χ2v) is 5.92. The molecule has 2 aromatic rings. The summed E-state index contributed by atoms with van der Waals surface area (Å²) in [6, 6.07) is 5.72. The predicted molar refractivity (Wildman–Crippen MR) is 81.7 cm³/mol. The van der Waals surface area contributed by atoms with Crippen molar-refractivity contribution in [2.24, 2.45) is 11.7 Å². The lowest BCUT2D eigenvalue weighted by atomic mass is 9.99. The molecular formula is C15H21ClN4. The second kappa shape index (κ2) is 6.37. The van der Waals surface area contributed by atoms with E-state index in [0.29, 0.717) is 12.3 Å². The first-order valence-electron chi connectivity index (χ1n) is 6.86. The van der Waals surface area contributed by atoms with Gasteiger partial charge in [-0.05, 0) is 30.0 Å². The van der Waals surface area contributed by atoms with Crippen molar-refractivity contribution in [1.29, 1.82) is 0 Å². The minimum Gasteiger partial charge on any atom is -0.324 e. The molecule has 0 aliphatic rings. The maximum Gasteiger partial charge on any atom is 0.138 e. The van der Waals surface area contributed by atoms with Crippen LogP contribution < -0.4 is 5.73 Å². The number of rotatable bonds is 5. The van der Waals surface area contributed by atoms with Crippen LogP contribution in [-0.4, -0.2) is 14.8 Å². The van der Waals surface area contributed by atoms with Crippen molar-refractivity contribution in [3.8, 4) is 0 Å². The summed E-state index contributed by atoms with van der Waals surface area (Å²) in [5.74, 6) is 1.45. The van der Waals surface area contributed by atoms with Gasteiger partial charge in [0.2, 0.25) is 0 Å².